The van der Waals surface area contributed by atoms with Crippen molar-refractivity contribution in [3.8, 4) is 0 Å². The highest BCUT2D eigenvalue weighted by molar-refractivity contribution is 5.75. The average molecular weight is 194 g/mol. The minimum Gasteiger partial charge on any atom is -0.481 e. The van der Waals surface area contributed by atoms with E-state index in [4.69, 9.17) is 5.11 Å². The first-order chi connectivity index (χ1) is 6.61. The van der Waals surface area contributed by atoms with Gasteiger partial charge in [0.15, 0.2) is 0 Å². The highest BCUT2D eigenvalue weighted by Gasteiger charge is 2.44. The Kier molecular flexibility index (Phi) is 2.02. The molecule has 0 unspecified atom stereocenters. The van der Waals surface area contributed by atoms with Crippen molar-refractivity contribution in [1.29, 1.82) is 0 Å². The third-order valence-corrected chi connectivity index (χ3v) is 2.82. The van der Waals surface area contributed by atoms with Gasteiger partial charge < -0.3 is 5.11 Å². The second-order valence-electron chi connectivity index (χ2n) is 3.74. The van der Waals surface area contributed by atoms with Gasteiger partial charge in [-0.1, -0.05) is 12.1 Å². The van der Waals surface area contributed by atoms with Crippen LogP contribution in [0.3, 0.4) is 0 Å². The van der Waals surface area contributed by atoms with Crippen molar-refractivity contribution >= 4 is 5.97 Å². The number of rotatable bonds is 2. The Hall–Kier alpha value is -1.38. The summed E-state index contributed by atoms with van der Waals surface area (Å²) in [6, 6.07) is 4.85. The Morgan fingerprint density at radius 1 is 1.57 bits per heavy atom. The Bertz CT molecular complexity index is 387. The van der Waals surface area contributed by atoms with Gasteiger partial charge in [0.05, 0.1) is 5.92 Å². The van der Waals surface area contributed by atoms with Crippen LogP contribution in [0.2, 0.25) is 0 Å². The van der Waals surface area contributed by atoms with E-state index >= 15 is 0 Å². The lowest BCUT2D eigenvalue weighted by molar-refractivity contribution is -0.138. The predicted molar refractivity (Wildman–Crippen MR) is 49.6 cm³/mol. The first-order valence-electron chi connectivity index (χ1n) is 4.59. The van der Waals surface area contributed by atoms with E-state index in [1.807, 2.05) is 6.07 Å². The van der Waals surface area contributed by atoms with Crippen molar-refractivity contribution in [2.24, 2.45) is 5.92 Å². The molecule has 3 heteroatoms. The number of halogens is 1. The van der Waals surface area contributed by atoms with Gasteiger partial charge in [0.25, 0.3) is 0 Å². The number of benzene rings is 1. The van der Waals surface area contributed by atoms with Gasteiger partial charge in [-0.15, -0.1) is 0 Å². The molecule has 0 heterocycles. The second-order valence-corrected chi connectivity index (χ2v) is 3.74. The highest BCUT2D eigenvalue weighted by Crippen LogP contribution is 2.48. The molecule has 2 atom stereocenters. The van der Waals surface area contributed by atoms with Gasteiger partial charge in [-0.25, -0.2) is 4.39 Å². The first kappa shape index (κ1) is 9.19. The maximum absolute atomic E-state index is 13.1. The fraction of sp³-hybridized carbons (Fsp3) is 0.364. The molecule has 0 spiro atoms. The summed E-state index contributed by atoms with van der Waals surface area (Å²) in [6.45, 7) is 1.70. The molecule has 0 bridgehead atoms. The molecule has 74 valence electrons. The van der Waals surface area contributed by atoms with E-state index in [1.165, 1.54) is 6.07 Å². The highest BCUT2D eigenvalue weighted by atomic mass is 19.1. The Balaban J connectivity index is 2.27. The third kappa shape index (κ3) is 1.39. The van der Waals surface area contributed by atoms with E-state index in [0.29, 0.717) is 12.0 Å². The fourth-order valence-electron chi connectivity index (χ4n) is 1.84. The van der Waals surface area contributed by atoms with Gasteiger partial charge in [0.1, 0.15) is 5.82 Å². The van der Waals surface area contributed by atoms with Crippen LogP contribution in [0.5, 0.6) is 0 Å². The van der Waals surface area contributed by atoms with Crippen LogP contribution in [0.1, 0.15) is 23.5 Å². The molecule has 1 fully saturated rings. The molecule has 1 saturated carbocycles. The molecule has 0 saturated heterocycles. The van der Waals surface area contributed by atoms with Crippen LogP contribution in [0, 0.1) is 18.7 Å². The lowest BCUT2D eigenvalue weighted by Crippen LogP contribution is -2.00. The minimum absolute atomic E-state index is 0.0169. The number of aliphatic carboxylic acids is 1. The SMILES string of the molecule is Cc1c(F)cccc1[C@H]1C[C@H]1C(=O)O. The Labute approximate surface area is 81.4 Å². The van der Waals surface area contributed by atoms with Crippen molar-refractivity contribution in [1.82, 2.24) is 0 Å². The van der Waals surface area contributed by atoms with Crippen LogP contribution >= 0.6 is 0 Å². The number of carboxylic acid groups (broad SMARTS) is 1. The van der Waals surface area contributed by atoms with Crippen LogP contribution in [0.25, 0.3) is 0 Å². The van der Waals surface area contributed by atoms with Gasteiger partial charge in [-0.2, -0.15) is 0 Å². The molecular weight excluding hydrogens is 183 g/mol. The van der Waals surface area contributed by atoms with Crippen LogP contribution in [-0.2, 0) is 4.79 Å². The van der Waals surface area contributed by atoms with Crippen LogP contribution in [0.4, 0.5) is 4.39 Å². The van der Waals surface area contributed by atoms with Crippen molar-refractivity contribution in [2.45, 2.75) is 19.3 Å². The van der Waals surface area contributed by atoms with E-state index in [9.17, 15) is 9.18 Å². The monoisotopic (exact) mass is 194 g/mol. The fourth-order valence-corrected chi connectivity index (χ4v) is 1.84. The summed E-state index contributed by atoms with van der Waals surface area (Å²) in [7, 11) is 0. The third-order valence-electron chi connectivity index (χ3n) is 2.82. The molecule has 1 aliphatic carbocycles. The number of hydrogen-bond donors (Lipinski definition) is 1. The summed E-state index contributed by atoms with van der Waals surface area (Å²) >= 11 is 0. The van der Waals surface area contributed by atoms with Crippen molar-refractivity contribution in [2.75, 3.05) is 0 Å². The van der Waals surface area contributed by atoms with Crippen molar-refractivity contribution in [3.63, 3.8) is 0 Å². The van der Waals surface area contributed by atoms with E-state index in [-0.39, 0.29) is 17.7 Å². The Morgan fingerprint density at radius 2 is 2.29 bits per heavy atom. The minimum atomic E-state index is -0.779. The molecule has 0 radical (unpaired) electrons. The molecule has 1 aromatic carbocycles. The summed E-state index contributed by atoms with van der Waals surface area (Å²) < 4.78 is 13.1. The number of hydrogen-bond acceptors (Lipinski definition) is 1. The normalized spacial score (nSPS) is 24.7. The quantitative estimate of drug-likeness (QED) is 0.784. The largest absolute Gasteiger partial charge is 0.481 e. The molecule has 2 nitrogen and oxygen atoms in total. The van der Waals surface area contributed by atoms with Gasteiger partial charge in [-0.05, 0) is 36.5 Å². The summed E-state index contributed by atoms with van der Waals surface area (Å²) in [4.78, 5) is 10.6. The number of carbonyl (C=O) groups is 1. The van der Waals surface area contributed by atoms with Gasteiger partial charge >= 0.3 is 5.97 Å². The maximum atomic E-state index is 13.1. The lowest BCUT2D eigenvalue weighted by Gasteiger charge is -2.04. The first-order valence-corrected chi connectivity index (χ1v) is 4.59. The van der Waals surface area contributed by atoms with Crippen LogP contribution in [-0.4, -0.2) is 11.1 Å². The molecule has 1 N–H and O–H groups in total. The summed E-state index contributed by atoms with van der Waals surface area (Å²) in [5.74, 6) is -1.32. The molecule has 1 aliphatic rings. The lowest BCUT2D eigenvalue weighted by atomic mass is 10.0. The Morgan fingerprint density at radius 3 is 2.86 bits per heavy atom. The zero-order chi connectivity index (χ0) is 10.3. The molecule has 0 amide bonds. The van der Waals surface area contributed by atoms with E-state index in [1.54, 1.807) is 13.0 Å². The van der Waals surface area contributed by atoms with E-state index in [0.717, 1.165) is 5.56 Å². The van der Waals surface area contributed by atoms with Gasteiger partial charge in [-0.3, -0.25) is 4.79 Å². The molecule has 2 rings (SSSR count). The standard InChI is InChI=1S/C11H11FO2/c1-6-7(3-2-4-10(6)12)8-5-9(8)11(13)14/h2-4,8-9H,5H2,1H3,(H,13,14)/t8-,9-/m1/s1. The summed E-state index contributed by atoms with van der Waals surface area (Å²) in [5, 5.41) is 8.75. The zero-order valence-electron chi connectivity index (χ0n) is 7.83. The molecule has 0 aliphatic heterocycles. The van der Waals surface area contributed by atoms with Crippen LogP contribution < -0.4 is 0 Å². The molecule has 1 aromatic rings. The topological polar surface area (TPSA) is 37.3 Å². The molecule has 14 heavy (non-hydrogen) atoms. The summed E-state index contributed by atoms with van der Waals surface area (Å²) in [5.41, 5.74) is 1.43. The number of carboxylic acids is 1. The van der Waals surface area contributed by atoms with Gasteiger partial charge in [0.2, 0.25) is 0 Å². The molecule has 0 aromatic heterocycles. The van der Waals surface area contributed by atoms with Crippen molar-refractivity contribution in [3.05, 3.63) is 35.1 Å². The smallest absolute Gasteiger partial charge is 0.307 e. The van der Waals surface area contributed by atoms with E-state index < -0.39 is 5.97 Å². The second kappa shape index (κ2) is 3.08. The van der Waals surface area contributed by atoms with E-state index in [2.05, 4.69) is 0 Å². The summed E-state index contributed by atoms with van der Waals surface area (Å²) in [6.07, 6.45) is 0.639. The van der Waals surface area contributed by atoms with Gasteiger partial charge in [0, 0.05) is 0 Å². The maximum Gasteiger partial charge on any atom is 0.307 e. The van der Waals surface area contributed by atoms with Crippen molar-refractivity contribution < 1.29 is 14.3 Å². The zero-order valence-corrected chi connectivity index (χ0v) is 7.83. The molecular formula is C11H11FO2. The predicted octanol–water partition coefficient (Wildman–Crippen LogP) is 2.32. The average Bonchev–Trinajstić information content (AvgIpc) is 2.89. The van der Waals surface area contributed by atoms with Crippen LogP contribution in [0.15, 0.2) is 18.2 Å².